The molecule has 2 amide bonds. The second-order valence-corrected chi connectivity index (χ2v) is 5.45. The molecular formula is C17H18N2O3. The highest BCUT2D eigenvalue weighted by Gasteiger charge is 2.33. The van der Waals surface area contributed by atoms with Gasteiger partial charge in [-0.15, -0.1) is 0 Å². The number of carbonyl (C=O) groups is 2. The van der Waals surface area contributed by atoms with Crippen molar-refractivity contribution in [3.8, 4) is 0 Å². The van der Waals surface area contributed by atoms with Crippen molar-refractivity contribution in [2.24, 2.45) is 5.92 Å². The lowest BCUT2D eigenvalue weighted by molar-refractivity contribution is -0.119. The van der Waals surface area contributed by atoms with Gasteiger partial charge in [-0.2, -0.15) is 0 Å². The van der Waals surface area contributed by atoms with Crippen molar-refractivity contribution in [1.82, 2.24) is 5.32 Å². The predicted molar refractivity (Wildman–Crippen MR) is 82.5 cm³/mol. The number of nitrogens with zero attached hydrogens (tertiary/aromatic N) is 1. The second kappa shape index (κ2) is 6.05. The number of anilines is 1. The molecule has 0 atom stereocenters. The van der Waals surface area contributed by atoms with Crippen LogP contribution >= 0.6 is 0 Å². The number of amides is 2. The molecule has 1 N–H and O–H groups in total. The number of nitrogens with one attached hydrogen (secondary N) is 1. The largest absolute Gasteiger partial charge is 0.467 e. The summed E-state index contributed by atoms with van der Waals surface area (Å²) in [6, 6.07) is 10.7. The highest BCUT2D eigenvalue weighted by molar-refractivity contribution is 6.05. The summed E-state index contributed by atoms with van der Waals surface area (Å²) >= 11 is 0. The van der Waals surface area contributed by atoms with E-state index in [2.05, 4.69) is 5.32 Å². The van der Waals surface area contributed by atoms with E-state index in [4.69, 9.17) is 4.42 Å². The second-order valence-electron chi connectivity index (χ2n) is 5.45. The fourth-order valence-corrected chi connectivity index (χ4v) is 2.36. The Labute approximate surface area is 128 Å². The molecule has 22 heavy (non-hydrogen) atoms. The monoisotopic (exact) mass is 298 g/mol. The zero-order valence-electron chi connectivity index (χ0n) is 12.4. The molecule has 1 aliphatic rings. The van der Waals surface area contributed by atoms with Gasteiger partial charge in [0, 0.05) is 13.0 Å². The first-order valence-corrected chi connectivity index (χ1v) is 7.34. The summed E-state index contributed by atoms with van der Waals surface area (Å²) in [5.74, 6) is 0.659. The number of benzene rings is 1. The van der Waals surface area contributed by atoms with Crippen LogP contribution < -0.4 is 10.2 Å². The average Bonchev–Trinajstić information content (AvgIpc) is 3.27. The Morgan fingerprint density at radius 3 is 2.68 bits per heavy atom. The molecule has 0 bridgehead atoms. The lowest BCUT2D eigenvalue weighted by Crippen LogP contribution is -2.31. The van der Waals surface area contributed by atoms with Crippen LogP contribution in [0.15, 0.2) is 47.1 Å². The molecule has 0 saturated heterocycles. The van der Waals surface area contributed by atoms with Gasteiger partial charge >= 0.3 is 0 Å². The fraction of sp³-hybridized carbons (Fsp3) is 0.294. The summed E-state index contributed by atoms with van der Waals surface area (Å²) < 4.78 is 5.20. The highest BCUT2D eigenvalue weighted by Crippen LogP contribution is 2.33. The van der Waals surface area contributed by atoms with Crippen molar-refractivity contribution in [3.05, 3.63) is 54.0 Å². The molecule has 1 fully saturated rings. The maximum atomic E-state index is 12.4. The maximum Gasteiger partial charge on any atom is 0.253 e. The lowest BCUT2D eigenvalue weighted by atomic mass is 10.1. The van der Waals surface area contributed by atoms with E-state index in [0.717, 1.165) is 12.8 Å². The summed E-state index contributed by atoms with van der Waals surface area (Å²) in [5, 5.41) is 2.81. The van der Waals surface area contributed by atoms with Gasteiger partial charge in [-0.05, 0) is 37.1 Å². The summed E-state index contributed by atoms with van der Waals surface area (Å²) in [5.41, 5.74) is 1.13. The van der Waals surface area contributed by atoms with E-state index in [1.165, 1.54) is 0 Å². The molecule has 1 saturated carbocycles. The van der Waals surface area contributed by atoms with E-state index >= 15 is 0 Å². The van der Waals surface area contributed by atoms with E-state index in [0.29, 0.717) is 23.6 Å². The van der Waals surface area contributed by atoms with Gasteiger partial charge in [-0.1, -0.05) is 12.1 Å². The molecule has 5 nitrogen and oxygen atoms in total. The summed E-state index contributed by atoms with van der Waals surface area (Å²) in [7, 11) is 1.72. The summed E-state index contributed by atoms with van der Waals surface area (Å²) in [6.45, 7) is 0.320. The van der Waals surface area contributed by atoms with Gasteiger partial charge in [0.15, 0.2) is 0 Å². The molecule has 0 unspecified atom stereocenters. The molecule has 1 aromatic carbocycles. The Bertz CT molecular complexity index is 675. The average molecular weight is 298 g/mol. The topological polar surface area (TPSA) is 62.6 Å². The van der Waals surface area contributed by atoms with Gasteiger partial charge < -0.3 is 14.6 Å². The van der Waals surface area contributed by atoms with Crippen molar-refractivity contribution in [2.75, 3.05) is 11.9 Å². The van der Waals surface area contributed by atoms with Crippen LogP contribution in [0.5, 0.6) is 0 Å². The molecule has 3 rings (SSSR count). The summed E-state index contributed by atoms with van der Waals surface area (Å²) in [4.78, 5) is 26.2. The smallest absolute Gasteiger partial charge is 0.253 e. The quantitative estimate of drug-likeness (QED) is 0.923. The van der Waals surface area contributed by atoms with Gasteiger partial charge in [0.2, 0.25) is 5.91 Å². The zero-order valence-corrected chi connectivity index (χ0v) is 12.4. The zero-order chi connectivity index (χ0) is 15.5. The minimum Gasteiger partial charge on any atom is -0.467 e. The Balaban J connectivity index is 1.75. The SMILES string of the molecule is CN(C(=O)C1CC1)c1ccccc1C(=O)NCc1ccco1. The molecular weight excluding hydrogens is 280 g/mol. The van der Waals surface area contributed by atoms with Crippen molar-refractivity contribution >= 4 is 17.5 Å². The molecule has 0 radical (unpaired) electrons. The Morgan fingerprint density at radius 2 is 2.00 bits per heavy atom. The van der Waals surface area contributed by atoms with E-state index < -0.39 is 0 Å². The van der Waals surface area contributed by atoms with E-state index in [1.807, 2.05) is 6.07 Å². The fourth-order valence-electron chi connectivity index (χ4n) is 2.36. The normalized spacial score (nSPS) is 13.7. The third-order valence-electron chi connectivity index (χ3n) is 3.77. The Kier molecular flexibility index (Phi) is 3.96. The van der Waals surface area contributed by atoms with Crippen LogP contribution in [-0.2, 0) is 11.3 Å². The van der Waals surface area contributed by atoms with Gasteiger partial charge in [0.05, 0.1) is 24.1 Å². The number of hydrogen-bond acceptors (Lipinski definition) is 3. The Hall–Kier alpha value is -2.56. The molecule has 0 spiro atoms. The van der Waals surface area contributed by atoms with Crippen LogP contribution in [0.25, 0.3) is 0 Å². The van der Waals surface area contributed by atoms with Crippen molar-refractivity contribution < 1.29 is 14.0 Å². The lowest BCUT2D eigenvalue weighted by Gasteiger charge is -2.20. The van der Waals surface area contributed by atoms with Crippen molar-refractivity contribution in [3.63, 3.8) is 0 Å². The molecule has 1 heterocycles. The highest BCUT2D eigenvalue weighted by atomic mass is 16.3. The van der Waals surface area contributed by atoms with Crippen LogP contribution in [-0.4, -0.2) is 18.9 Å². The van der Waals surface area contributed by atoms with Gasteiger partial charge in [0.1, 0.15) is 5.76 Å². The van der Waals surface area contributed by atoms with Crippen LogP contribution in [0.4, 0.5) is 5.69 Å². The number of hydrogen-bond donors (Lipinski definition) is 1. The van der Waals surface area contributed by atoms with Crippen LogP contribution in [0, 0.1) is 5.92 Å². The minimum atomic E-state index is -0.220. The van der Waals surface area contributed by atoms with Gasteiger partial charge in [0.25, 0.3) is 5.91 Å². The van der Waals surface area contributed by atoms with Gasteiger partial charge in [-0.3, -0.25) is 9.59 Å². The van der Waals surface area contributed by atoms with Crippen LogP contribution in [0.3, 0.4) is 0 Å². The van der Waals surface area contributed by atoms with Crippen molar-refractivity contribution in [1.29, 1.82) is 0 Å². The first-order chi connectivity index (χ1) is 10.7. The van der Waals surface area contributed by atoms with E-state index in [9.17, 15) is 9.59 Å². The minimum absolute atomic E-state index is 0.0753. The van der Waals surface area contributed by atoms with E-state index in [-0.39, 0.29) is 17.7 Å². The third-order valence-corrected chi connectivity index (χ3v) is 3.77. The standard InChI is InChI=1S/C17H18N2O3/c1-19(17(21)12-8-9-12)15-7-3-2-6-14(15)16(20)18-11-13-5-4-10-22-13/h2-7,10,12H,8-9,11H2,1H3,(H,18,20). The van der Waals surface area contributed by atoms with Gasteiger partial charge in [-0.25, -0.2) is 0 Å². The van der Waals surface area contributed by atoms with E-state index in [1.54, 1.807) is 48.5 Å². The summed E-state index contributed by atoms with van der Waals surface area (Å²) in [6.07, 6.45) is 3.45. The first kappa shape index (κ1) is 14.4. The van der Waals surface area contributed by atoms with Crippen LogP contribution in [0.2, 0.25) is 0 Å². The number of furan rings is 1. The molecule has 114 valence electrons. The maximum absolute atomic E-state index is 12.4. The predicted octanol–water partition coefficient (Wildman–Crippen LogP) is 2.58. The first-order valence-electron chi connectivity index (χ1n) is 7.34. The van der Waals surface area contributed by atoms with Crippen molar-refractivity contribution in [2.45, 2.75) is 19.4 Å². The molecule has 0 aliphatic heterocycles. The number of para-hydroxylation sites is 1. The Morgan fingerprint density at radius 1 is 1.23 bits per heavy atom. The third kappa shape index (κ3) is 3.03. The molecule has 5 heteroatoms. The number of carbonyl (C=O) groups excluding carboxylic acids is 2. The molecule has 1 aliphatic carbocycles. The number of rotatable bonds is 5. The molecule has 2 aromatic rings. The molecule has 1 aromatic heterocycles. The van der Waals surface area contributed by atoms with Crippen LogP contribution in [0.1, 0.15) is 29.0 Å².